The molecule has 0 saturated carbocycles. The van der Waals surface area contributed by atoms with Crippen molar-refractivity contribution in [3.8, 4) is 11.3 Å². The largest absolute Gasteiger partial charge is 0.334 e. The highest BCUT2D eigenvalue weighted by Crippen LogP contribution is 2.28. The highest BCUT2D eigenvalue weighted by atomic mass is 19.1. The van der Waals surface area contributed by atoms with Crippen molar-refractivity contribution in [2.75, 3.05) is 19.6 Å². The molecule has 0 spiro atoms. The number of carbonyl (C=O) groups excluding carboxylic acids is 2. The predicted molar refractivity (Wildman–Crippen MR) is 138 cm³/mol. The van der Waals surface area contributed by atoms with Gasteiger partial charge in [-0.05, 0) is 62.2 Å². The monoisotopic (exact) mass is 500 g/mol. The van der Waals surface area contributed by atoms with Crippen LogP contribution < -0.4 is 0 Å². The van der Waals surface area contributed by atoms with E-state index in [-0.39, 0.29) is 23.5 Å². The van der Waals surface area contributed by atoms with Crippen LogP contribution in [0.5, 0.6) is 0 Å². The maximum Gasteiger partial charge on any atom is 0.274 e. The van der Waals surface area contributed by atoms with Crippen LogP contribution in [-0.4, -0.2) is 66.4 Å². The summed E-state index contributed by atoms with van der Waals surface area (Å²) in [5.74, 6) is -0.482. The molecule has 0 radical (unpaired) electrons. The Hall–Kier alpha value is -4.14. The third kappa shape index (κ3) is 4.69. The molecule has 0 aliphatic carbocycles. The number of piperazine rings is 1. The first-order valence-corrected chi connectivity index (χ1v) is 12.3. The number of benzene rings is 1. The summed E-state index contributed by atoms with van der Waals surface area (Å²) in [6.45, 7) is 9.21. The number of rotatable bonds is 4. The quantitative estimate of drug-likeness (QED) is 0.414. The van der Waals surface area contributed by atoms with Crippen LogP contribution in [0.1, 0.15) is 60.0 Å². The Morgan fingerprint density at radius 1 is 1.05 bits per heavy atom. The van der Waals surface area contributed by atoms with E-state index in [1.807, 2.05) is 19.9 Å². The number of amides is 2. The minimum atomic E-state index is -0.601. The summed E-state index contributed by atoms with van der Waals surface area (Å²) < 4.78 is 15.1. The van der Waals surface area contributed by atoms with Gasteiger partial charge < -0.3 is 9.80 Å². The van der Waals surface area contributed by atoms with Gasteiger partial charge in [-0.25, -0.2) is 13.9 Å². The van der Waals surface area contributed by atoms with Gasteiger partial charge in [0, 0.05) is 43.2 Å². The first-order valence-electron chi connectivity index (χ1n) is 12.3. The van der Waals surface area contributed by atoms with Crippen LogP contribution >= 0.6 is 0 Å². The van der Waals surface area contributed by atoms with Gasteiger partial charge in [0.05, 0.1) is 23.0 Å². The van der Waals surface area contributed by atoms with Gasteiger partial charge in [0.2, 0.25) is 0 Å². The second-order valence-corrected chi connectivity index (χ2v) is 10.3. The lowest BCUT2D eigenvalue weighted by molar-refractivity contribution is 0.0165. The van der Waals surface area contributed by atoms with E-state index in [0.717, 1.165) is 11.1 Å². The number of pyridine rings is 1. The number of hydrogen-bond donors (Lipinski definition) is 0. The van der Waals surface area contributed by atoms with Gasteiger partial charge in [-0.1, -0.05) is 13.8 Å². The Bertz CT molecular complexity index is 1460. The van der Waals surface area contributed by atoms with Gasteiger partial charge in [0.25, 0.3) is 11.8 Å². The van der Waals surface area contributed by atoms with Crippen LogP contribution in [0.15, 0.2) is 61.1 Å². The first kappa shape index (κ1) is 24.5. The zero-order valence-corrected chi connectivity index (χ0v) is 21.3. The van der Waals surface area contributed by atoms with Crippen molar-refractivity contribution in [2.24, 2.45) is 0 Å². The maximum absolute atomic E-state index is 13.7. The molecule has 4 aromatic rings. The molecule has 5 rings (SSSR count). The zero-order chi connectivity index (χ0) is 26.3. The van der Waals surface area contributed by atoms with E-state index in [0.29, 0.717) is 42.2 Å². The molecule has 190 valence electrons. The molecule has 3 aromatic heterocycles. The normalized spacial score (nSPS) is 15.4. The van der Waals surface area contributed by atoms with Crippen molar-refractivity contribution >= 4 is 17.5 Å². The van der Waals surface area contributed by atoms with Crippen LogP contribution in [0.3, 0.4) is 0 Å². The van der Waals surface area contributed by atoms with Crippen LogP contribution in [0.25, 0.3) is 16.9 Å². The molecule has 2 amide bonds. The summed E-state index contributed by atoms with van der Waals surface area (Å²) in [5, 5.41) is 4.67. The zero-order valence-electron chi connectivity index (χ0n) is 21.3. The van der Waals surface area contributed by atoms with Crippen LogP contribution in [0, 0.1) is 5.82 Å². The van der Waals surface area contributed by atoms with Gasteiger partial charge >= 0.3 is 0 Å². The summed E-state index contributed by atoms with van der Waals surface area (Å²) in [6.07, 6.45) is 4.84. The minimum absolute atomic E-state index is 0.0971. The molecule has 1 saturated heterocycles. The number of imidazole rings is 1. The molecule has 0 atom stereocenters. The lowest BCUT2D eigenvalue weighted by atomic mass is 9.97. The van der Waals surface area contributed by atoms with Crippen LogP contribution in [-0.2, 0) is 0 Å². The number of hydrogen-bond acceptors (Lipinski definition) is 5. The Labute approximate surface area is 214 Å². The van der Waals surface area contributed by atoms with Crippen molar-refractivity contribution in [1.29, 1.82) is 0 Å². The summed E-state index contributed by atoms with van der Waals surface area (Å²) in [4.78, 5) is 38.9. The number of halogens is 1. The van der Waals surface area contributed by atoms with Gasteiger partial charge in [0.1, 0.15) is 11.5 Å². The number of fused-ring (bicyclic) bond motifs is 1. The maximum atomic E-state index is 13.7. The Kier molecular flexibility index (Phi) is 6.23. The number of carbonyl (C=O) groups is 2. The van der Waals surface area contributed by atoms with Crippen molar-refractivity contribution in [3.63, 3.8) is 0 Å². The van der Waals surface area contributed by atoms with Crippen molar-refractivity contribution in [2.45, 2.75) is 39.2 Å². The average Bonchev–Trinajstić information content (AvgIpc) is 3.32. The van der Waals surface area contributed by atoms with E-state index in [1.54, 1.807) is 57.2 Å². The van der Waals surface area contributed by atoms with E-state index >= 15 is 0 Å². The Morgan fingerprint density at radius 3 is 2.46 bits per heavy atom. The van der Waals surface area contributed by atoms with E-state index in [4.69, 9.17) is 0 Å². The van der Waals surface area contributed by atoms with Crippen LogP contribution in [0.4, 0.5) is 4.39 Å². The predicted octanol–water partition coefficient (Wildman–Crippen LogP) is 4.43. The number of nitrogens with zero attached hydrogens (tertiary/aromatic N) is 6. The second-order valence-electron chi connectivity index (χ2n) is 10.3. The van der Waals surface area contributed by atoms with Crippen molar-refractivity contribution < 1.29 is 14.0 Å². The fourth-order valence-electron chi connectivity index (χ4n) is 4.81. The van der Waals surface area contributed by atoms with E-state index in [9.17, 15) is 14.0 Å². The molecule has 37 heavy (non-hydrogen) atoms. The van der Waals surface area contributed by atoms with Gasteiger partial charge in [-0.3, -0.25) is 14.6 Å². The standard InChI is InChI=1S/C28H29FN6O2/c1-18(2)22-14-23(19-7-9-21(29)10-8-19)32-35-16-24(31-25(22)35)27(37)34-13-12-33(17-28(34,3)4)26(36)20-6-5-11-30-15-20/h5-11,14-16,18H,12-13,17H2,1-4H3. The molecular formula is C28H29FN6O2. The van der Waals surface area contributed by atoms with Gasteiger partial charge in [-0.15, -0.1) is 0 Å². The highest BCUT2D eigenvalue weighted by Gasteiger charge is 2.39. The molecule has 1 aliphatic rings. The van der Waals surface area contributed by atoms with Gasteiger partial charge in [0.15, 0.2) is 5.65 Å². The summed E-state index contributed by atoms with van der Waals surface area (Å²) in [7, 11) is 0. The van der Waals surface area contributed by atoms with Crippen molar-refractivity contribution in [1.82, 2.24) is 29.4 Å². The average molecular weight is 501 g/mol. The lowest BCUT2D eigenvalue weighted by Gasteiger charge is -2.46. The highest BCUT2D eigenvalue weighted by molar-refractivity contribution is 5.95. The van der Waals surface area contributed by atoms with Crippen LogP contribution in [0.2, 0.25) is 0 Å². The molecular weight excluding hydrogens is 471 g/mol. The Morgan fingerprint density at radius 2 is 1.81 bits per heavy atom. The smallest absolute Gasteiger partial charge is 0.274 e. The molecule has 0 bridgehead atoms. The molecule has 8 nitrogen and oxygen atoms in total. The minimum Gasteiger partial charge on any atom is -0.334 e. The fourth-order valence-corrected chi connectivity index (χ4v) is 4.81. The third-order valence-electron chi connectivity index (χ3n) is 6.78. The fraction of sp³-hybridized carbons (Fsp3) is 0.321. The first-order chi connectivity index (χ1) is 17.6. The van der Waals surface area contributed by atoms with E-state index < -0.39 is 5.54 Å². The summed E-state index contributed by atoms with van der Waals surface area (Å²) in [6, 6.07) is 11.6. The van der Waals surface area contributed by atoms with E-state index in [2.05, 4.69) is 28.9 Å². The molecule has 1 aliphatic heterocycles. The third-order valence-corrected chi connectivity index (χ3v) is 6.78. The topological polar surface area (TPSA) is 83.7 Å². The Balaban J connectivity index is 1.44. The SMILES string of the molecule is CC(C)c1cc(-c2ccc(F)cc2)nn2cc(C(=O)N3CCN(C(=O)c4cccnc4)CC3(C)C)nc12. The summed E-state index contributed by atoms with van der Waals surface area (Å²) >= 11 is 0. The molecule has 9 heteroatoms. The molecule has 1 aromatic carbocycles. The lowest BCUT2D eigenvalue weighted by Crippen LogP contribution is -2.62. The molecule has 0 N–H and O–H groups in total. The molecule has 4 heterocycles. The van der Waals surface area contributed by atoms with Gasteiger partial charge in [-0.2, -0.15) is 5.10 Å². The summed E-state index contributed by atoms with van der Waals surface area (Å²) in [5.41, 5.74) is 3.24. The number of aromatic nitrogens is 4. The van der Waals surface area contributed by atoms with E-state index in [1.165, 1.54) is 12.1 Å². The second kappa shape index (κ2) is 9.38. The molecule has 0 unspecified atom stereocenters. The molecule has 1 fully saturated rings. The van der Waals surface area contributed by atoms with Crippen molar-refractivity contribution in [3.05, 3.63) is 83.7 Å².